The lowest BCUT2D eigenvalue weighted by Crippen LogP contribution is -2.41. The van der Waals surface area contributed by atoms with Crippen LogP contribution < -0.4 is 16.0 Å². The van der Waals surface area contributed by atoms with Crippen LogP contribution in [-0.2, 0) is 6.54 Å². The van der Waals surface area contributed by atoms with Crippen LogP contribution in [0.2, 0.25) is 0 Å². The molecule has 4 heteroatoms. The fourth-order valence-electron chi connectivity index (χ4n) is 3.84. The quantitative estimate of drug-likeness (QED) is 0.708. The fraction of sp³-hybridized carbons (Fsp3) is 0.650. The third-order valence-electron chi connectivity index (χ3n) is 5.06. The molecular weight excluding hydrogens is 314 g/mol. The monoisotopic (exact) mass is 347 g/mol. The lowest BCUT2D eigenvalue weighted by atomic mass is 9.85. The molecule has 1 aromatic rings. The second kappa shape index (κ2) is 9.38. The Labute approximate surface area is 153 Å². The van der Waals surface area contributed by atoms with Gasteiger partial charge in [-0.1, -0.05) is 50.3 Å². The smallest absolute Gasteiger partial charge is 0.171 e. The second-order valence-corrected chi connectivity index (χ2v) is 7.87. The van der Waals surface area contributed by atoms with E-state index in [1.807, 2.05) is 4.90 Å². The molecule has 1 aliphatic rings. The van der Waals surface area contributed by atoms with Gasteiger partial charge >= 0.3 is 0 Å². The zero-order chi connectivity index (χ0) is 17.5. The number of anilines is 1. The number of hydrogen-bond acceptors (Lipinski definition) is 2. The van der Waals surface area contributed by atoms with Gasteiger partial charge in [0.25, 0.3) is 0 Å². The van der Waals surface area contributed by atoms with Crippen molar-refractivity contribution < 1.29 is 0 Å². The number of para-hydroxylation sites is 1. The molecule has 0 aromatic heterocycles. The molecule has 134 valence electrons. The van der Waals surface area contributed by atoms with E-state index in [-0.39, 0.29) is 6.04 Å². The van der Waals surface area contributed by atoms with Crippen LogP contribution in [0.15, 0.2) is 24.3 Å². The second-order valence-electron chi connectivity index (χ2n) is 7.45. The standard InChI is InChI=1S/C20H33N3S/c1-15(2)23(20(21)24)19-12-8-7-11-18(19)14-22-16(3)13-17-9-5-4-6-10-17/h7-8,11-12,15-17,22H,4-6,9-10,13-14H2,1-3H3,(H2,21,24). The molecule has 1 fully saturated rings. The minimum Gasteiger partial charge on any atom is -0.376 e. The Kier molecular flexibility index (Phi) is 7.50. The number of rotatable bonds is 7. The Balaban J connectivity index is 1.98. The predicted molar refractivity (Wildman–Crippen MR) is 108 cm³/mol. The number of thiocarbonyl (C=S) groups is 1. The molecule has 0 heterocycles. The molecule has 1 atom stereocenters. The Hall–Kier alpha value is -1.13. The van der Waals surface area contributed by atoms with Gasteiger partial charge in [0, 0.05) is 24.3 Å². The first kappa shape index (κ1) is 19.2. The van der Waals surface area contributed by atoms with E-state index in [1.54, 1.807) is 0 Å². The van der Waals surface area contributed by atoms with Crippen molar-refractivity contribution in [2.45, 2.75) is 77.9 Å². The molecule has 0 spiro atoms. The maximum Gasteiger partial charge on any atom is 0.171 e. The van der Waals surface area contributed by atoms with E-state index in [2.05, 4.69) is 50.4 Å². The summed E-state index contributed by atoms with van der Waals surface area (Å²) in [5.41, 5.74) is 8.34. The van der Waals surface area contributed by atoms with Gasteiger partial charge in [0.2, 0.25) is 0 Å². The highest BCUT2D eigenvalue weighted by Gasteiger charge is 2.18. The van der Waals surface area contributed by atoms with Gasteiger partial charge < -0.3 is 16.0 Å². The Morgan fingerprint density at radius 3 is 2.50 bits per heavy atom. The van der Waals surface area contributed by atoms with Crippen LogP contribution in [0.25, 0.3) is 0 Å². The topological polar surface area (TPSA) is 41.3 Å². The molecule has 1 aromatic carbocycles. The van der Waals surface area contributed by atoms with Crippen molar-refractivity contribution in [2.24, 2.45) is 11.7 Å². The van der Waals surface area contributed by atoms with Crippen LogP contribution in [0.4, 0.5) is 5.69 Å². The van der Waals surface area contributed by atoms with Gasteiger partial charge in [-0.15, -0.1) is 0 Å². The molecule has 1 aliphatic carbocycles. The molecule has 2 rings (SSSR count). The van der Waals surface area contributed by atoms with Crippen molar-refractivity contribution in [1.29, 1.82) is 0 Å². The third-order valence-corrected chi connectivity index (χ3v) is 5.25. The van der Waals surface area contributed by atoms with Gasteiger partial charge in [-0.05, 0) is 57.0 Å². The zero-order valence-corrected chi connectivity index (χ0v) is 16.2. The maximum absolute atomic E-state index is 5.96. The van der Waals surface area contributed by atoms with E-state index < -0.39 is 0 Å². The van der Waals surface area contributed by atoms with E-state index in [9.17, 15) is 0 Å². The summed E-state index contributed by atoms with van der Waals surface area (Å²) in [6, 6.07) is 9.22. The first-order valence-corrected chi connectivity index (χ1v) is 9.79. The third kappa shape index (κ3) is 5.45. The number of nitrogens with zero attached hydrogens (tertiary/aromatic N) is 1. The van der Waals surface area contributed by atoms with E-state index >= 15 is 0 Å². The van der Waals surface area contributed by atoms with Gasteiger partial charge in [0.1, 0.15) is 0 Å². The van der Waals surface area contributed by atoms with Crippen molar-refractivity contribution in [3.8, 4) is 0 Å². The van der Waals surface area contributed by atoms with Crippen LogP contribution in [0.3, 0.4) is 0 Å². The van der Waals surface area contributed by atoms with Gasteiger partial charge in [-0.25, -0.2) is 0 Å². The lowest BCUT2D eigenvalue weighted by molar-refractivity contribution is 0.304. The van der Waals surface area contributed by atoms with Crippen LogP contribution in [0.5, 0.6) is 0 Å². The molecular formula is C20H33N3S. The lowest BCUT2D eigenvalue weighted by Gasteiger charge is -2.30. The minimum absolute atomic E-state index is 0.253. The molecule has 0 bridgehead atoms. The summed E-state index contributed by atoms with van der Waals surface area (Å²) in [6.45, 7) is 7.41. The molecule has 24 heavy (non-hydrogen) atoms. The van der Waals surface area contributed by atoms with Gasteiger partial charge in [0.05, 0.1) is 0 Å². The Morgan fingerprint density at radius 2 is 1.88 bits per heavy atom. The molecule has 0 saturated heterocycles. The zero-order valence-electron chi connectivity index (χ0n) is 15.4. The highest BCUT2D eigenvalue weighted by atomic mass is 32.1. The summed E-state index contributed by atoms with van der Waals surface area (Å²) in [7, 11) is 0. The van der Waals surface area contributed by atoms with Crippen molar-refractivity contribution >= 4 is 23.0 Å². The fourth-order valence-corrected chi connectivity index (χ4v) is 4.15. The number of benzene rings is 1. The summed E-state index contributed by atoms with van der Waals surface area (Å²) in [5, 5.41) is 4.15. The highest BCUT2D eigenvalue weighted by Crippen LogP contribution is 2.28. The molecule has 0 aliphatic heterocycles. The van der Waals surface area contributed by atoms with Crippen molar-refractivity contribution in [3.05, 3.63) is 29.8 Å². The average molecular weight is 348 g/mol. The van der Waals surface area contributed by atoms with Gasteiger partial charge in [-0.2, -0.15) is 0 Å². The minimum atomic E-state index is 0.253. The van der Waals surface area contributed by atoms with Crippen molar-refractivity contribution in [1.82, 2.24) is 5.32 Å². The summed E-state index contributed by atoms with van der Waals surface area (Å²) in [4.78, 5) is 2.04. The van der Waals surface area contributed by atoms with E-state index in [0.717, 1.165) is 18.2 Å². The molecule has 3 nitrogen and oxygen atoms in total. The van der Waals surface area contributed by atoms with Crippen LogP contribution in [-0.4, -0.2) is 17.2 Å². The summed E-state index contributed by atoms with van der Waals surface area (Å²) >= 11 is 5.26. The largest absolute Gasteiger partial charge is 0.376 e. The summed E-state index contributed by atoms with van der Waals surface area (Å²) in [5.74, 6) is 0.903. The first-order chi connectivity index (χ1) is 11.5. The number of nitrogens with one attached hydrogen (secondary N) is 1. The van der Waals surface area contributed by atoms with Crippen LogP contribution in [0, 0.1) is 5.92 Å². The predicted octanol–water partition coefficient (Wildman–Crippen LogP) is 4.59. The summed E-state index contributed by atoms with van der Waals surface area (Å²) < 4.78 is 0. The SMILES string of the molecule is CC(CC1CCCCC1)NCc1ccccc1N(C(N)=S)C(C)C. The highest BCUT2D eigenvalue weighted by molar-refractivity contribution is 7.80. The van der Waals surface area contributed by atoms with E-state index in [1.165, 1.54) is 44.1 Å². The Morgan fingerprint density at radius 1 is 1.21 bits per heavy atom. The van der Waals surface area contributed by atoms with Gasteiger partial charge in [0.15, 0.2) is 5.11 Å². The molecule has 0 radical (unpaired) electrons. The van der Waals surface area contributed by atoms with E-state index in [4.69, 9.17) is 18.0 Å². The Bertz CT molecular complexity index is 523. The maximum atomic E-state index is 5.96. The van der Waals surface area contributed by atoms with Crippen LogP contribution in [0.1, 0.15) is 64.9 Å². The average Bonchev–Trinajstić information content (AvgIpc) is 2.54. The molecule has 1 unspecified atom stereocenters. The summed E-state index contributed by atoms with van der Waals surface area (Å²) in [6.07, 6.45) is 8.35. The van der Waals surface area contributed by atoms with Crippen LogP contribution >= 0.6 is 12.2 Å². The number of nitrogens with two attached hydrogens (primary N) is 1. The molecule has 0 amide bonds. The van der Waals surface area contributed by atoms with Crippen molar-refractivity contribution in [3.63, 3.8) is 0 Å². The van der Waals surface area contributed by atoms with Gasteiger partial charge in [-0.3, -0.25) is 0 Å². The molecule has 3 N–H and O–H groups in total. The van der Waals surface area contributed by atoms with Crippen molar-refractivity contribution in [2.75, 3.05) is 4.90 Å². The first-order valence-electron chi connectivity index (χ1n) is 9.39. The van der Waals surface area contributed by atoms with E-state index in [0.29, 0.717) is 11.2 Å². The molecule has 1 saturated carbocycles. The number of hydrogen-bond donors (Lipinski definition) is 2. The normalized spacial score (nSPS) is 17.0.